The quantitative estimate of drug-likeness (QED) is 0.433. The first-order chi connectivity index (χ1) is 3.77. The van der Waals surface area contributed by atoms with Crippen LogP contribution in [0.2, 0.25) is 0 Å². The third-order valence-corrected chi connectivity index (χ3v) is 0.850. The van der Waals surface area contributed by atoms with Gasteiger partial charge in [-0.2, -0.15) is 0 Å². The summed E-state index contributed by atoms with van der Waals surface area (Å²) in [5, 5.41) is 8.13. The van der Waals surface area contributed by atoms with Gasteiger partial charge in [0.15, 0.2) is 0 Å². The van der Waals surface area contributed by atoms with Crippen molar-refractivity contribution in [2.45, 2.75) is 18.9 Å². The maximum absolute atomic E-state index is 8.13. The Labute approximate surface area is 54.4 Å². The molecule has 0 aromatic rings. The summed E-state index contributed by atoms with van der Waals surface area (Å²) in [6.07, 6.45) is 0.627. The van der Waals surface area contributed by atoms with E-state index in [2.05, 4.69) is 4.74 Å². The summed E-state index contributed by atoms with van der Waals surface area (Å²) in [4.78, 5) is 0. The molecule has 0 amide bonds. The number of halogens is 1. The van der Waals surface area contributed by atoms with E-state index in [1.807, 2.05) is 6.92 Å². The molecule has 8 heavy (non-hydrogen) atoms. The summed E-state index contributed by atoms with van der Waals surface area (Å²) in [7, 11) is 0. The molecule has 1 aliphatic heterocycles. The van der Waals surface area contributed by atoms with Gasteiger partial charge in [-0.25, -0.2) is 0 Å². The number of epoxide rings is 1. The third kappa shape index (κ3) is 16.4. The summed E-state index contributed by atoms with van der Waals surface area (Å²) in [5.74, 6) is 0. The predicted octanol–water partition coefficient (Wildman–Crippen LogP) is 0.970. The van der Waals surface area contributed by atoms with Crippen LogP contribution in [-0.4, -0.2) is 23.9 Å². The molecule has 0 radical (unpaired) electrons. The Morgan fingerprint density at radius 3 is 2.00 bits per heavy atom. The number of ether oxygens (including phenoxy) is 1. The summed E-state index contributed by atoms with van der Waals surface area (Å²) < 4.78 is 4.50. The highest BCUT2D eigenvalue weighted by atomic mass is 35.5. The molecule has 1 aliphatic rings. The lowest BCUT2D eigenvalue weighted by atomic mass is 10.5. The molecule has 0 aliphatic carbocycles. The molecular formula is C5H11ClO2. The predicted molar refractivity (Wildman–Crippen MR) is 33.0 cm³/mol. The molecule has 1 fully saturated rings. The SMILES string of the molecule is C1CO1.CCC(O)Cl. The molecule has 0 bridgehead atoms. The van der Waals surface area contributed by atoms with Gasteiger partial charge in [0.1, 0.15) is 5.56 Å². The van der Waals surface area contributed by atoms with Crippen molar-refractivity contribution < 1.29 is 9.84 Å². The standard InChI is InChI=1S/C3H7ClO.C2H4O/c1-2-3(4)5;1-2-3-1/h3,5H,2H2,1H3;1-2H2. The Hall–Kier alpha value is 0.210. The summed E-state index contributed by atoms with van der Waals surface area (Å²) in [6, 6.07) is 0. The van der Waals surface area contributed by atoms with Crippen molar-refractivity contribution in [3.05, 3.63) is 0 Å². The number of aliphatic hydroxyl groups is 1. The molecule has 3 heteroatoms. The number of hydrogen-bond acceptors (Lipinski definition) is 2. The summed E-state index contributed by atoms with van der Waals surface area (Å²) in [5.41, 5.74) is -0.644. The lowest BCUT2D eigenvalue weighted by Gasteiger charge is -1.87. The molecule has 1 N–H and O–H groups in total. The first-order valence-electron chi connectivity index (χ1n) is 2.67. The summed E-state index contributed by atoms with van der Waals surface area (Å²) >= 11 is 5.02. The maximum Gasteiger partial charge on any atom is 0.127 e. The number of alkyl halides is 1. The largest absolute Gasteiger partial charge is 0.378 e. The van der Waals surface area contributed by atoms with E-state index >= 15 is 0 Å². The van der Waals surface area contributed by atoms with Crippen LogP contribution in [0.3, 0.4) is 0 Å². The minimum absolute atomic E-state index is 0.627. The summed E-state index contributed by atoms with van der Waals surface area (Å²) in [6.45, 7) is 3.82. The van der Waals surface area contributed by atoms with Gasteiger partial charge in [0, 0.05) is 0 Å². The van der Waals surface area contributed by atoms with Crippen molar-refractivity contribution in [3.63, 3.8) is 0 Å². The van der Waals surface area contributed by atoms with Crippen LogP contribution in [0.5, 0.6) is 0 Å². The second-order valence-electron chi connectivity index (χ2n) is 1.46. The zero-order chi connectivity index (χ0) is 6.41. The molecule has 0 saturated carbocycles. The number of rotatable bonds is 1. The van der Waals surface area contributed by atoms with E-state index in [1.54, 1.807) is 0 Å². The van der Waals surface area contributed by atoms with Crippen molar-refractivity contribution in [1.82, 2.24) is 0 Å². The lowest BCUT2D eigenvalue weighted by Crippen LogP contribution is -1.88. The molecule has 1 heterocycles. The fourth-order valence-corrected chi connectivity index (χ4v) is 0. The van der Waals surface area contributed by atoms with E-state index in [1.165, 1.54) is 0 Å². The second-order valence-corrected chi connectivity index (χ2v) is 1.96. The maximum atomic E-state index is 8.13. The highest BCUT2D eigenvalue weighted by Gasteiger charge is 1.94. The van der Waals surface area contributed by atoms with Gasteiger partial charge in [-0.1, -0.05) is 18.5 Å². The molecule has 0 aromatic carbocycles. The van der Waals surface area contributed by atoms with Crippen LogP contribution in [0.15, 0.2) is 0 Å². The normalized spacial score (nSPS) is 18.4. The van der Waals surface area contributed by atoms with E-state index in [0.717, 1.165) is 13.2 Å². The van der Waals surface area contributed by atoms with Crippen LogP contribution in [-0.2, 0) is 4.74 Å². The van der Waals surface area contributed by atoms with Crippen LogP contribution in [0.1, 0.15) is 13.3 Å². The molecule has 1 rings (SSSR count). The molecule has 1 saturated heterocycles. The van der Waals surface area contributed by atoms with E-state index in [0.29, 0.717) is 6.42 Å². The Kier molecular flexibility index (Phi) is 5.49. The highest BCUT2D eigenvalue weighted by Crippen LogP contribution is 1.91. The van der Waals surface area contributed by atoms with Crippen LogP contribution < -0.4 is 0 Å². The van der Waals surface area contributed by atoms with Gasteiger partial charge in [0.2, 0.25) is 0 Å². The van der Waals surface area contributed by atoms with Gasteiger partial charge in [0.05, 0.1) is 13.2 Å². The smallest absolute Gasteiger partial charge is 0.127 e. The zero-order valence-electron chi connectivity index (χ0n) is 4.93. The average Bonchev–Trinajstić information content (AvgIpc) is 2.48. The third-order valence-electron chi connectivity index (χ3n) is 0.541. The Bertz CT molecular complexity index is 42.9. The van der Waals surface area contributed by atoms with Crippen LogP contribution in [0.4, 0.5) is 0 Å². The van der Waals surface area contributed by atoms with Crippen LogP contribution in [0, 0.1) is 0 Å². The van der Waals surface area contributed by atoms with Gasteiger partial charge in [0.25, 0.3) is 0 Å². The van der Waals surface area contributed by atoms with Crippen molar-refractivity contribution in [1.29, 1.82) is 0 Å². The monoisotopic (exact) mass is 138 g/mol. The number of hydrogen-bond donors (Lipinski definition) is 1. The van der Waals surface area contributed by atoms with Gasteiger partial charge in [-0.3, -0.25) is 0 Å². The molecular weight excluding hydrogens is 128 g/mol. The van der Waals surface area contributed by atoms with Crippen molar-refractivity contribution >= 4 is 11.6 Å². The Morgan fingerprint density at radius 2 is 2.00 bits per heavy atom. The highest BCUT2D eigenvalue weighted by molar-refractivity contribution is 6.19. The van der Waals surface area contributed by atoms with E-state index in [-0.39, 0.29) is 0 Å². The fourth-order valence-electron chi connectivity index (χ4n) is 0. The molecule has 0 spiro atoms. The van der Waals surface area contributed by atoms with E-state index in [4.69, 9.17) is 16.7 Å². The number of aliphatic hydroxyl groups excluding tert-OH is 1. The molecule has 1 unspecified atom stereocenters. The van der Waals surface area contributed by atoms with Crippen molar-refractivity contribution in [2.24, 2.45) is 0 Å². The van der Waals surface area contributed by atoms with Crippen molar-refractivity contribution in [3.8, 4) is 0 Å². The average molecular weight is 139 g/mol. The first kappa shape index (κ1) is 8.21. The minimum Gasteiger partial charge on any atom is -0.378 e. The second kappa shape index (κ2) is 5.35. The van der Waals surface area contributed by atoms with Crippen LogP contribution >= 0.6 is 11.6 Å². The molecule has 1 atom stereocenters. The molecule has 0 aromatic heterocycles. The van der Waals surface area contributed by atoms with Gasteiger partial charge in [-0.05, 0) is 6.42 Å². The van der Waals surface area contributed by atoms with Gasteiger partial charge < -0.3 is 9.84 Å². The minimum atomic E-state index is -0.644. The lowest BCUT2D eigenvalue weighted by molar-refractivity contribution is 0.252. The molecule has 50 valence electrons. The van der Waals surface area contributed by atoms with Crippen molar-refractivity contribution in [2.75, 3.05) is 13.2 Å². The topological polar surface area (TPSA) is 32.8 Å². The first-order valence-corrected chi connectivity index (χ1v) is 3.11. The Morgan fingerprint density at radius 1 is 1.75 bits per heavy atom. The van der Waals surface area contributed by atoms with E-state index in [9.17, 15) is 0 Å². The Balaban J connectivity index is 0.000000135. The van der Waals surface area contributed by atoms with Gasteiger partial charge in [-0.15, -0.1) is 0 Å². The van der Waals surface area contributed by atoms with Gasteiger partial charge >= 0.3 is 0 Å². The van der Waals surface area contributed by atoms with E-state index < -0.39 is 5.56 Å². The molecule has 2 nitrogen and oxygen atoms in total. The van der Waals surface area contributed by atoms with Crippen LogP contribution in [0.25, 0.3) is 0 Å². The fraction of sp³-hybridized carbons (Fsp3) is 1.00. The zero-order valence-corrected chi connectivity index (χ0v) is 5.69.